The van der Waals surface area contributed by atoms with Crippen molar-refractivity contribution in [1.82, 2.24) is 0 Å². The number of carbonyl (C=O) groups excluding carboxylic acids is 2. The third kappa shape index (κ3) is 2.37. The molecule has 0 N–H and O–H groups in total. The second kappa shape index (κ2) is 4.47. The molecular weight excluding hydrogens is 196 g/mol. The van der Waals surface area contributed by atoms with Crippen LogP contribution in [0.3, 0.4) is 0 Å². The highest BCUT2D eigenvalue weighted by Gasteiger charge is 2.44. The molecule has 4 nitrogen and oxygen atoms in total. The lowest BCUT2D eigenvalue weighted by Crippen LogP contribution is -2.47. The second-order valence-electron chi connectivity index (χ2n) is 3.76. The largest absolute Gasteiger partial charge is 0.463 e. The molecular formula is C11H16O4. The SMILES string of the molecule is C=C(C)C(=O)OC1(CC)CCCOC1=O. The fraction of sp³-hybridized carbons (Fsp3) is 0.636. The van der Waals surface area contributed by atoms with Gasteiger partial charge >= 0.3 is 11.9 Å². The van der Waals surface area contributed by atoms with Gasteiger partial charge in [0.25, 0.3) is 0 Å². The van der Waals surface area contributed by atoms with E-state index in [1.807, 2.05) is 0 Å². The zero-order valence-electron chi connectivity index (χ0n) is 9.17. The molecule has 0 amide bonds. The lowest BCUT2D eigenvalue weighted by molar-refractivity contribution is -0.188. The van der Waals surface area contributed by atoms with Crippen molar-refractivity contribution >= 4 is 11.9 Å². The van der Waals surface area contributed by atoms with Crippen LogP contribution >= 0.6 is 0 Å². The number of rotatable bonds is 3. The van der Waals surface area contributed by atoms with Crippen molar-refractivity contribution in [3.63, 3.8) is 0 Å². The Kier molecular flexibility index (Phi) is 3.50. The third-order valence-electron chi connectivity index (χ3n) is 2.54. The lowest BCUT2D eigenvalue weighted by Gasteiger charge is -2.33. The normalized spacial score (nSPS) is 25.6. The van der Waals surface area contributed by atoms with E-state index < -0.39 is 17.5 Å². The highest BCUT2D eigenvalue weighted by atomic mass is 16.6. The smallest absolute Gasteiger partial charge is 0.350 e. The summed E-state index contributed by atoms with van der Waals surface area (Å²) in [5.74, 6) is -0.971. The van der Waals surface area contributed by atoms with Gasteiger partial charge in [0.05, 0.1) is 6.61 Å². The Bertz CT molecular complexity index is 295. The highest BCUT2D eigenvalue weighted by molar-refractivity contribution is 5.91. The Morgan fingerprint density at radius 1 is 1.67 bits per heavy atom. The summed E-state index contributed by atoms with van der Waals surface area (Å²) in [7, 11) is 0. The molecule has 1 saturated heterocycles. The predicted octanol–water partition coefficient (Wildman–Crippen LogP) is 1.59. The number of hydrogen-bond acceptors (Lipinski definition) is 4. The molecule has 1 fully saturated rings. The summed E-state index contributed by atoms with van der Waals surface area (Å²) in [5, 5.41) is 0. The molecule has 0 aromatic carbocycles. The van der Waals surface area contributed by atoms with E-state index in [-0.39, 0.29) is 0 Å². The zero-order valence-corrected chi connectivity index (χ0v) is 9.17. The fourth-order valence-electron chi connectivity index (χ4n) is 1.51. The molecule has 84 valence electrons. The van der Waals surface area contributed by atoms with Crippen LogP contribution < -0.4 is 0 Å². The summed E-state index contributed by atoms with van der Waals surface area (Å²) in [6.07, 6.45) is 1.69. The number of cyclic esters (lactones) is 1. The summed E-state index contributed by atoms with van der Waals surface area (Å²) >= 11 is 0. The van der Waals surface area contributed by atoms with Gasteiger partial charge in [0.15, 0.2) is 0 Å². The first-order valence-electron chi connectivity index (χ1n) is 5.08. The number of ether oxygens (including phenoxy) is 2. The van der Waals surface area contributed by atoms with Gasteiger partial charge in [-0.25, -0.2) is 9.59 Å². The molecule has 4 heteroatoms. The average molecular weight is 212 g/mol. The van der Waals surface area contributed by atoms with Gasteiger partial charge in [-0.15, -0.1) is 0 Å². The van der Waals surface area contributed by atoms with Crippen LogP contribution in [0.5, 0.6) is 0 Å². The van der Waals surface area contributed by atoms with Crippen LogP contribution in [0, 0.1) is 0 Å². The van der Waals surface area contributed by atoms with Gasteiger partial charge in [-0.05, 0) is 19.8 Å². The summed E-state index contributed by atoms with van der Waals surface area (Å²) < 4.78 is 10.1. The second-order valence-corrected chi connectivity index (χ2v) is 3.76. The Balaban J connectivity index is 2.79. The lowest BCUT2D eigenvalue weighted by atomic mass is 9.92. The first-order valence-corrected chi connectivity index (χ1v) is 5.08. The van der Waals surface area contributed by atoms with E-state index in [0.717, 1.165) is 6.42 Å². The van der Waals surface area contributed by atoms with Crippen LogP contribution in [0.15, 0.2) is 12.2 Å². The van der Waals surface area contributed by atoms with Gasteiger partial charge in [-0.2, -0.15) is 0 Å². The van der Waals surface area contributed by atoms with Crippen LogP contribution in [0.4, 0.5) is 0 Å². The Morgan fingerprint density at radius 2 is 2.33 bits per heavy atom. The van der Waals surface area contributed by atoms with Crippen LogP contribution in [-0.4, -0.2) is 24.1 Å². The Labute approximate surface area is 89.2 Å². The zero-order chi connectivity index (χ0) is 11.5. The third-order valence-corrected chi connectivity index (χ3v) is 2.54. The molecule has 0 aromatic heterocycles. The molecule has 0 spiro atoms. The van der Waals surface area contributed by atoms with Crippen LogP contribution in [0.25, 0.3) is 0 Å². The molecule has 0 aromatic rings. The quantitative estimate of drug-likeness (QED) is 0.526. The minimum atomic E-state index is -1.09. The van der Waals surface area contributed by atoms with Crippen LogP contribution in [-0.2, 0) is 19.1 Å². The van der Waals surface area contributed by atoms with Crippen molar-refractivity contribution < 1.29 is 19.1 Å². The van der Waals surface area contributed by atoms with Gasteiger partial charge in [0, 0.05) is 12.0 Å². The molecule has 1 aliphatic rings. The van der Waals surface area contributed by atoms with E-state index in [4.69, 9.17) is 9.47 Å². The van der Waals surface area contributed by atoms with Crippen molar-refractivity contribution in [3.8, 4) is 0 Å². The molecule has 0 saturated carbocycles. The fourth-order valence-corrected chi connectivity index (χ4v) is 1.51. The predicted molar refractivity (Wildman–Crippen MR) is 54.1 cm³/mol. The van der Waals surface area contributed by atoms with Crippen LogP contribution in [0.2, 0.25) is 0 Å². The van der Waals surface area contributed by atoms with E-state index in [1.165, 1.54) is 0 Å². The number of esters is 2. The van der Waals surface area contributed by atoms with Crippen molar-refractivity contribution in [2.45, 2.75) is 38.7 Å². The molecule has 0 bridgehead atoms. The number of carbonyl (C=O) groups is 2. The summed E-state index contributed by atoms with van der Waals surface area (Å²) in [5.41, 5.74) is -0.796. The van der Waals surface area contributed by atoms with Crippen molar-refractivity contribution in [2.75, 3.05) is 6.61 Å². The van der Waals surface area contributed by atoms with Crippen molar-refractivity contribution in [2.24, 2.45) is 0 Å². The maximum atomic E-state index is 11.6. The minimum absolute atomic E-state index is 0.293. The topological polar surface area (TPSA) is 52.6 Å². The maximum Gasteiger partial charge on any atom is 0.350 e. The summed E-state index contributed by atoms with van der Waals surface area (Å²) in [6, 6.07) is 0. The van der Waals surface area contributed by atoms with E-state index in [0.29, 0.717) is 25.0 Å². The van der Waals surface area contributed by atoms with E-state index in [9.17, 15) is 9.59 Å². The Morgan fingerprint density at radius 3 is 2.80 bits per heavy atom. The standard InChI is InChI=1S/C11H16O4/c1-4-11(15-9(12)8(2)3)6-5-7-14-10(11)13/h2,4-7H2,1,3H3. The van der Waals surface area contributed by atoms with Gasteiger partial charge in [-0.3, -0.25) is 0 Å². The first-order chi connectivity index (χ1) is 7.02. The molecule has 1 heterocycles. The van der Waals surface area contributed by atoms with E-state index >= 15 is 0 Å². The highest BCUT2D eigenvalue weighted by Crippen LogP contribution is 2.29. The Hall–Kier alpha value is -1.32. The summed E-state index contributed by atoms with van der Waals surface area (Å²) in [6.45, 7) is 7.25. The monoisotopic (exact) mass is 212 g/mol. The van der Waals surface area contributed by atoms with Crippen molar-refractivity contribution in [1.29, 1.82) is 0 Å². The van der Waals surface area contributed by atoms with Crippen molar-refractivity contribution in [3.05, 3.63) is 12.2 Å². The van der Waals surface area contributed by atoms with E-state index in [1.54, 1.807) is 13.8 Å². The van der Waals surface area contributed by atoms with Crippen LogP contribution in [0.1, 0.15) is 33.1 Å². The van der Waals surface area contributed by atoms with Gasteiger partial charge in [-0.1, -0.05) is 13.5 Å². The minimum Gasteiger partial charge on any atom is -0.463 e. The molecule has 1 rings (SSSR count). The molecule has 1 atom stereocenters. The van der Waals surface area contributed by atoms with Gasteiger partial charge < -0.3 is 9.47 Å². The summed E-state index contributed by atoms with van der Waals surface area (Å²) in [4.78, 5) is 23.0. The van der Waals surface area contributed by atoms with Gasteiger partial charge in [0.1, 0.15) is 0 Å². The molecule has 1 unspecified atom stereocenters. The van der Waals surface area contributed by atoms with E-state index in [2.05, 4.69) is 6.58 Å². The molecule has 0 radical (unpaired) electrons. The average Bonchev–Trinajstić information content (AvgIpc) is 2.21. The first kappa shape index (κ1) is 11.8. The number of hydrogen-bond donors (Lipinski definition) is 0. The molecule has 15 heavy (non-hydrogen) atoms. The molecule has 1 aliphatic heterocycles. The van der Waals surface area contributed by atoms with Gasteiger partial charge in [0.2, 0.25) is 5.60 Å². The molecule has 0 aliphatic carbocycles. The maximum absolute atomic E-state index is 11.6.